The molecule has 10 heteroatoms. The summed E-state index contributed by atoms with van der Waals surface area (Å²) in [6.45, 7) is 3.91. The van der Waals surface area contributed by atoms with Crippen molar-refractivity contribution in [3.63, 3.8) is 0 Å². The Morgan fingerprint density at radius 3 is 2.17 bits per heavy atom. The fourth-order valence-electron chi connectivity index (χ4n) is 4.73. The number of imide groups is 3. The van der Waals surface area contributed by atoms with Crippen LogP contribution in [0.3, 0.4) is 0 Å². The number of carbonyl (C=O) groups is 5. The van der Waals surface area contributed by atoms with Gasteiger partial charge in [-0.1, -0.05) is 25.4 Å². The Labute approximate surface area is 171 Å². The summed E-state index contributed by atoms with van der Waals surface area (Å²) in [7, 11) is 0. The number of benzene rings is 1. The Kier molecular flexibility index (Phi) is 4.47. The van der Waals surface area contributed by atoms with E-state index in [2.05, 4.69) is 10.6 Å². The first kappa shape index (κ1) is 19.5. The molecule has 29 heavy (non-hydrogen) atoms. The molecule has 0 unspecified atom stereocenters. The van der Waals surface area contributed by atoms with Crippen LogP contribution in [0.2, 0.25) is 5.02 Å². The number of halogens is 1. The summed E-state index contributed by atoms with van der Waals surface area (Å²) < 4.78 is 0. The number of carbonyl (C=O) groups excluding carboxylic acids is 5. The van der Waals surface area contributed by atoms with Crippen molar-refractivity contribution in [3.05, 3.63) is 29.3 Å². The zero-order chi connectivity index (χ0) is 21.1. The third-order valence-corrected chi connectivity index (χ3v) is 6.07. The third kappa shape index (κ3) is 2.76. The molecule has 6 amide bonds. The summed E-state index contributed by atoms with van der Waals surface area (Å²) in [5, 5.41) is 6.11. The molecule has 9 nitrogen and oxygen atoms in total. The van der Waals surface area contributed by atoms with Crippen LogP contribution < -0.4 is 20.9 Å². The molecule has 4 rings (SSSR count). The second-order valence-electron chi connectivity index (χ2n) is 8.06. The maximum Gasteiger partial charge on any atom is 0.328 e. The fraction of sp³-hybridized carbons (Fsp3) is 0.421. The van der Waals surface area contributed by atoms with Crippen LogP contribution in [0.5, 0.6) is 0 Å². The average Bonchev–Trinajstić information content (AvgIpc) is 3.09. The Morgan fingerprint density at radius 2 is 1.62 bits per heavy atom. The minimum absolute atomic E-state index is 0.163. The topological polar surface area (TPSA) is 129 Å². The summed E-state index contributed by atoms with van der Waals surface area (Å²) in [5.41, 5.74) is -1.57. The summed E-state index contributed by atoms with van der Waals surface area (Å²) in [6, 6.07) is 4.79. The maximum atomic E-state index is 13.4. The van der Waals surface area contributed by atoms with Gasteiger partial charge < -0.3 is 5.32 Å². The molecule has 1 aromatic rings. The van der Waals surface area contributed by atoms with Crippen LogP contribution >= 0.6 is 11.6 Å². The zero-order valence-electron chi connectivity index (χ0n) is 15.8. The number of anilines is 1. The molecule has 4 N–H and O–H groups in total. The SMILES string of the molecule is CC(C)C[C@@H]1[NH2+]C2(C(=O)NC(=O)NC2=O)[C@@H]2C(=O)N(c3ccc(Cl)cc3)C(=O)[C@@H]12. The second-order valence-corrected chi connectivity index (χ2v) is 8.49. The minimum atomic E-state index is -1.90. The van der Waals surface area contributed by atoms with E-state index in [0.717, 1.165) is 4.90 Å². The van der Waals surface area contributed by atoms with Gasteiger partial charge in [0.25, 0.3) is 17.4 Å². The normalized spacial score (nSPS) is 28.2. The Hall–Kier alpha value is -2.78. The van der Waals surface area contributed by atoms with Crippen molar-refractivity contribution >= 4 is 46.9 Å². The van der Waals surface area contributed by atoms with Gasteiger partial charge in [0.05, 0.1) is 5.69 Å². The zero-order valence-corrected chi connectivity index (χ0v) is 16.5. The Bertz CT molecular complexity index is 924. The summed E-state index contributed by atoms with van der Waals surface area (Å²) in [5.74, 6) is -4.73. The molecule has 0 aromatic heterocycles. The van der Waals surface area contributed by atoms with Gasteiger partial charge in [-0.2, -0.15) is 0 Å². The number of barbiturate groups is 1. The molecule has 3 heterocycles. The maximum absolute atomic E-state index is 13.4. The number of hydrogen-bond donors (Lipinski definition) is 3. The minimum Gasteiger partial charge on any atom is -0.322 e. The van der Waals surface area contributed by atoms with Crippen molar-refractivity contribution in [3.8, 4) is 0 Å². The van der Waals surface area contributed by atoms with E-state index < -0.39 is 53.1 Å². The number of urea groups is 1. The van der Waals surface area contributed by atoms with Gasteiger partial charge in [0, 0.05) is 11.4 Å². The van der Waals surface area contributed by atoms with Gasteiger partial charge in [0.15, 0.2) is 0 Å². The van der Waals surface area contributed by atoms with Gasteiger partial charge in [-0.05, 0) is 30.2 Å². The van der Waals surface area contributed by atoms with Crippen molar-refractivity contribution in [2.75, 3.05) is 4.90 Å². The first-order chi connectivity index (χ1) is 13.7. The number of nitrogens with one attached hydrogen (secondary N) is 2. The highest BCUT2D eigenvalue weighted by Gasteiger charge is 2.76. The van der Waals surface area contributed by atoms with Gasteiger partial charge in [-0.3, -0.25) is 29.8 Å². The lowest BCUT2D eigenvalue weighted by Gasteiger charge is -2.31. The molecular formula is C19H20ClN4O5+. The summed E-state index contributed by atoms with van der Waals surface area (Å²) in [6.07, 6.45) is 0.519. The molecule has 0 saturated carbocycles. The largest absolute Gasteiger partial charge is 0.328 e. The molecule has 1 spiro atoms. The predicted octanol–water partition coefficient (Wildman–Crippen LogP) is -0.458. The Morgan fingerprint density at radius 1 is 1.03 bits per heavy atom. The quantitative estimate of drug-likeness (QED) is 0.451. The van der Waals surface area contributed by atoms with E-state index >= 15 is 0 Å². The molecule has 3 atom stereocenters. The summed E-state index contributed by atoms with van der Waals surface area (Å²) in [4.78, 5) is 64.9. The number of hydrogen-bond acceptors (Lipinski definition) is 5. The lowest BCUT2D eigenvalue weighted by atomic mass is 9.77. The highest BCUT2D eigenvalue weighted by atomic mass is 35.5. The molecule has 3 fully saturated rings. The number of fused-ring (bicyclic) bond motifs is 2. The number of rotatable bonds is 3. The van der Waals surface area contributed by atoms with Crippen molar-refractivity contribution in [2.24, 2.45) is 17.8 Å². The molecule has 3 aliphatic rings. The predicted molar refractivity (Wildman–Crippen MR) is 101 cm³/mol. The van der Waals surface area contributed by atoms with Crippen LogP contribution in [0.15, 0.2) is 24.3 Å². The van der Waals surface area contributed by atoms with Crippen LogP contribution in [0.4, 0.5) is 10.5 Å². The van der Waals surface area contributed by atoms with E-state index in [-0.39, 0.29) is 5.92 Å². The third-order valence-electron chi connectivity index (χ3n) is 5.81. The van der Waals surface area contributed by atoms with Crippen molar-refractivity contribution < 1.29 is 29.3 Å². The smallest absolute Gasteiger partial charge is 0.322 e. The molecule has 0 aliphatic carbocycles. The molecule has 3 saturated heterocycles. The van der Waals surface area contributed by atoms with Crippen LogP contribution in [0, 0.1) is 17.8 Å². The first-order valence-corrected chi connectivity index (χ1v) is 9.71. The van der Waals surface area contributed by atoms with Crippen LogP contribution in [-0.4, -0.2) is 41.2 Å². The van der Waals surface area contributed by atoms with E-state index in [9.17, 15) is 24.0 Å². The summed E-state index contributed by atoms with van der Waals surface area (Å²) >= 11 is 5.90. The lowest BCUT2D eigenvalue weighted by molar-refractivity contribution is -0.714. The van der Waals surface area contributed by atoms with E-state index in [1.807, 2.05) is 13.8 Å². The molecule has 0 bridgehead atoms. The molecule has 152 valence electrons. The van der Waals surface area contributed by atoms with E-state index in [0.29, 0.717) is 17.1 Å². The van der Waals surface area contributed by atoms with Crippen molar-refractivity contribution in [1.82, 2.24) is 10.6 Å². The molecular weight excluding hydrogens is 400 g/mol. The Balaban J connectivity index is 1.82. The fourth-order valence-corrected chi connectivity index (χ4v) is 4.86. The lowest BCUT2D eigenvalue weighted by Crippen LogP contribution is -3.05. The number of amides is 6. The van der Waals surface area contributed by atoms with Crippen molar-refractivity contribution in [1.29, 1.82) is 0 Å². The molecule has 0 radical (unpaired) electrons. The number of nitrogens with zero attached hydrogens (tertiary/aromatic N) is 1. The van der Waals surface area contributed by atoms with Gasteiger partial charge in [-0.15, -0.1) is 0 Å². The highest BCUT2D eigenvalue weighted by molar-refractivity contribution is 6.31. The van der Waals surface area contributed by atoms with Gasteiger partial charge >= 0.3 is 6.03 Å². The van der Waals surface area contributed by atoms with Crippen LogP contribution in [0.25, 0.3) is 0 Å². The number of nitrogens with two attached hydrogens (primary N) is 1. The van der Waals surface area contributed by atoms with Gasteiger partial charge in [0.1, 0.15) is 17.9 Å². The van der Waals surface area contributed by atoms with Crippen molar-refractivity contribution in [2.45, 2.75) is 31.8 Å². The van der Waals surface area contributed by atoms with E-state index in [4.69, 9.17) is 11.6 Å². The van der Waals surface area contributed by atoms with Crippen LogP contribution in [0.1, 0.15) is 20.3 Å². The number of quaternary nitrogens is 1. The first-order valence-electron chi connectivity index (χ1n) is 9.33. The highest BCUT2D eigenvalue weighted by Crippen LogP contribution is 2.43. The van der Waals surface area contributed by atoms with E-state index in [1.54, 1.807) is 12.1 Å². The molecule has 1 aromatic carbocycles. The van der Waals surface area contributed by atoms with E-state index in [1.165, 1.54) is 17.4 Å². The molecule has 3 aliphatic heterocycles. The van der Waals surface area contributed by atoms with Gasteiger partial charge in [0.2, 0.25) is 11.8 Å². The average molecular weight is 420 g/mol. The van der Waals surface area contributed by atoms with Crippen LogP contribution in [-0.2, 0) is 19.2 Å². The van der Waals surface area contributed by atoms with Gasteiger partial charge in [-0.25, -0.2) is 9.69 Å². The second kappa shape index (κ2) is 6.64. The standard InChI is InChI=1S/C19H19ClN4O5/c1-8(2)7-11-12-13(19(23-11)16(27)21-18(29)22-17(19)28)15(26)24(14(12)25)10-5-3-9(20)4-6-10/h3-6,8,11-13,23H,7H2,1-2H3,(H2,21,22,27,28,29)/p+1/t11-,12-,13-/m0/s1. The monoisotopic (exact) mass is 419 g/mol.